The molecule has 0 aromatic heterocycles. The first-order valence-electron chi connectivity index (χ1n) is 5.02. The van der Waals surface area contributed by atoms with Crippen LogP contribution in [0, 0.1) is 13.3 Å². The molecule has 0 rings (SSSR count). The van der Waals surface area contributed by atoms with E-state index in [-0.39, 0.29) is 0 Å². The molecule has 0 bridgehead atoms. The maximum atomic E-state index is 3.81. The fourth-order valence-corrected chi connectivity index (χ4v) is 1.15. The maximum absolute atomic E-state index is 3.81. The Labute approximate surface area is 72.4 Å². The highest BCUT2D eigenvalue weighted by atomic mass is 13.9. The average Bonchev–Trinajstić information content (AvgIpc) is 2.03. The lowest BCUT2D eigenvalue weighted by Gasteiger charge is -1.98. The Morgan fingerprint density at radius 2 is 1.73 bits per heavy atom. The van der Waals surface area contributed by atoms with Gasteiger partial charge in [0.15, 0.2) is 0 Å². The van der Waals surface area contributed by atoms with E-state index in [4.69, 9.17) is 0 Å². The number of unbranched alkanes of at least 4 members (excludes halogenated alkanes) is 8. The van der Waals surface area contributed by atoms with E-state index in [1.54, 1.807) is 0 Å². The molecule has 0 aromatic carbocycles. The molecule has 2 radical (unpaired) electrons. The summed E-state index contributed by atoms with van der Waals surface area (Å²) in [5.41, 5.74) is 0. The van der Waals surface area contributed by atoms with E-state index in [0.29, 0.717) is 0 Å². The highest BCUT2D eigenvalue weighted by molar-refractivity contribution is 4.64. The zero-order valence-corrected chi connectivity index (χ0v) is 7.94. The highest BCUT2D eigenvalue weighted by Gasteiger charge is 1.89. The van der Waals surface area contributed by atoms with Crippen LogP contribution in [0.4, 0.5) is 0 Å². The summed E-state index contributed by atoms with van der Waals surface area (Å²) in [7, 11) is 0. The van der Waals surface area contributed by atoms with Crippen LogP contribution >= 0.6 is 0 Å². The summed E-state index contributed by atoms with van der Waals surface area (Å²) in [6, 6.07) is 0. The maximum Gasteiger partial charge on any atom is -0.0386 e. The molecule has 0 saturated heterocycles. The Kier molecular flexibility index (Phi) is 10.0. The Morgan fingerprint density at radius 3 is 2.36 bits per heavy atom. The van der Waals surface area contributed by atoms with Gasteiger partial charge < -0.3 is 0 Å². The molecule has 0 aliphatic rings. The van der Waals surface area contributed by atoms with E-state index in [1.807, 2.05) is 0 Å². The molecule has 0 nitrogen and oxygen atoms in total. The summed E-state index contributed by atoms with van der Waals surface area (Å²) in [5.74, 6) is 0. The van der Waals surface area contributed by atoms with Crippen LogP contribution in [0.15, 0.2) is 0 Å². The van der Waals surface area contributed by atoms with Crippen LogP contribution in [0.2, 0.25) is 0 Å². The van der Waals surface area contributed by atoms with Gasteiger partial charge in [-0.25, -0.2) is 0 Å². The number of hydrogen-bond donors (Lipinski definition) is 0. The van der Waals surface area contributed by atoms with Gasteiger partial charge in [0, 0.05) is 0 Å². The molecule has 0 heteroatoms. The minimum atomic E-state index is 1.09. The van der Waals surface area contributed by atoms with Crippen LogP contribution in [-0.2, 0) is 0 Å². The van der Waals surface area contributed by atoms with Crippen molar-refractivity contribution in [1.82, 2.24) is 0 Å². The second kappa shape index (κ2) is 10.0. The highest BCUT2D eigenvalue weighted by Crippen LogP contribution is 2.07. The Morgan fingerprint density at radius 1 is 1.00 bits per heavy atom. The molecule has 0 aromatic rings. The minimum absolute atomic E-state index is 1.09. The summed E-state index contributed by atoms with van der Waals surface area (Å²) in [5, 5.41) is 0. The summed E-state index contributed by atoms with van der Waals surface area (Å²) < 4.78 is 0. The van der Waals surface area contributed by atoms with Crippen molar-refractivity contribution < 1.29 is 0 Å². The van der Waals surface area contributed by atoms with Crippen molar-refractivity contribution in [2.75, 3.05) is 0 Å². The van der Waals surface area contributed by atoms with Crippen molar-refractivity contribution >= 4 is 0 Å². The summed E-state index contributed by atoms with van der Waals surface area (Å²) in [6.07, 6.45) is 12.9. The minimum Gasteiger partial charge on any atom is -0.0654 e. The molecule has 0 aliphatic heterocycles. The Bertz CT molecular complexity index is 49.1. The third kappa shape index (κ3) is 10.0. The van der Waals surface area contributed by atoms with Gasteiger partial charge in [-0.05, 0) is 6.42 Å². The van der Waals surface area contributed by atoms with Crippen molar-refractivity contribution in [2.45, 2.75) is 58.3 Å². The van der Waals surface area contributed by atoms with Gasteiger partial charge in [-0.3, -0.25) is 0 Å². The first-order valence-corrected chi connectivity index (χ1v) is 5.02. The second-order valence-electron chi connectivity index (χ2n) is 3.13. The van der Waals surface area contributed by atoms with Gasteiger partial charge in [0.05, 0.1) is 0 Å². The van der Waals surface area contributed by atoms with Crippen molar-refractivity contribution in [1.29, 1.82) is 0 Å². The smallest absolute Gasteiger partial charge is 0.0386 e. The van der Waals surface area contributed by atoms with Gasteiger partial charge in [0.2, 0.25) is 0 Å². The topological polar surface area (TPSA) is 0 Å². The molecular weight excluding hydrogens is 132 g/mol. The van der Waals surface area contributed by atoms with E-state index < -0.39 is 0 Å². The van der Waals surface area contributed by atoms with Gasteiger partial charge in [-0.15, -0.1) is 0 Å². The number of rotatable bonds is 8. The lowest BCUT2D eigenvalue weighted by atomic mass is 10.1. The first kappa shape index (κ1) is 11.0. The summed E-state index contributed by atoms with van der Waals surface area (Å²) >= 11 is 0. The molecule has 0 saturated carbocycles. The molecule has 11 heavy (non-hydrogen) atoms. The van der Waals surface area contributed by atoms with Crippen molar-refractivity contribution in [3.8, 4) is 0 Å². The lowest BCUT2D eigenvalue weighted by molar-refractivity contribution is 0.645. The first-order chi connectivity index (χ1) is 5.41. The van der Waals surface area contributed by atoms with Gasteiger partial charge in [-0.1, -0.05) is 65.2 Å². The average molecular weight is 154 g/mol. The zero-order chi connectivity index (χ0) is 8.36. The predicted octanol–water partition coefficient (Wildman–Crippen LogP) is 4.17. The van der Waals surface area contributed by atoms with E-state index in [2.05, 4.69) is 20.3 Å². The van der Waals surface area contributed by atoms with Crippen LogP contribution in [0.1, 0.15) is 58.3 Å². The fourth-order valence-electron chi connectivity index (χ4n) is 1.15. The fraction of sp³-hybridized carbons (Fsp3) is 0.818. The third-order valence-corrected chi connectivity index (χ3v) is 1.92. The van der Waals surface area contributed by atoms with Crippen LogP contribution in [0.5, 0.6) is 0 Å². The zero-order valence-electron chi connectivity index (χ0n) is 7.94. The van der Waals surface area contributed by atoms with Gasteiger partial charge >= 0.3 is 0 Å². The SMILES string of the molecule is [CH2]CCC[CH]CCCCCC. The molecule has 0 unspecified atom stereocenters. The van der Waals surface area contributed by atoms with Gasteiger partial charge in [0.25, 0.3) is 0 Å². The largest absolute Gasteiger partial charge is 0.0654 e. The summed E-state index contributed by atoms with van der Waals surface area (Å²) in [4.78, 5) is 0. The Balaban J connectivity index is 2.69. The van der Waals surface area contributed by atoms with Crippen LogP contribution in [-0.4, -0.2) is 0 Å². The van der Waals surface area contributed by atoms with Crippen molar-refractivity contribution in [2.24, 2.45) is 0 Å². The predicted molar refractivity (Wildman–Crippen MR) is 52.3 cm³/mol. The normalized spacial score (nSPS) is 10.4. The van der Waals surface area contributed by atoms with Gasteiger partial charge in [-0.2, -0.15) is 0 Å². The van der Waals surface area contributed by atoms with Crippen molar-refractivity contribution in [3.05, 3.63) is 13.3 Å². The van der Waals surface area contributed by atoms with E-state index in [1.165, 1.54) is 44.9 Å². The van der Waals surface area contributed by atoms with E-state index in [9.17, 15) is 0 Å². The molecular formula is C11H22. The standard InChI is InChI=1S/C11H22/c1-3-5-7-9-11-10-8-6-4-2/h9H,1,3-8,10-11H2,2H3. The quantitative estimate of drug-likeness (QED) is 0.460. The lowest BCUT2D eigenvalue weighted by Crippen LogP contribution is -1.80. The van der Waals surface area contributed by atoms with Crippen LogP contribution in [0.25, 0.3) is 0 Å². The Hall–Kier alpha value is 0. The van der Waals surface area contributed by atoms with Crippen molar-refractivity contribution in [3.63, 3.8) is 0 Å². The third-order valence-electron chi connectivity index (χ3n) is 1.92. The van der Waals surface area contributed by atoms with E-state index in [0.717, 1.165) is 6.42 Å². The van der Waals surface area contributed by atoms with E-state index >= 15 is 0 Å². The molecule has 0 spiro atoms. The molecule has 0 amide bonds. The molecule has 0 aliphatic carbocycles. The number of hydrogen-bond acceptors (Lipinski definition) is 0. The monoisotopic (exact) mass is 154 g/mol. The molecule has 0 N–H and O–H groups in total. The summed E-state index contributed by atoms with van der Waals surface area (Å²) in [6.45, 7) is 6.07. The van der Waals surface area contributed by atoms with Gasteiger partial charge in [0.1, 0.15) is 0 Å². The van der Waals surface area contributed by atoms with Crippen LogP contribution < -0.4 is 0 Å². The molecule has 0 atom stereocenters. The molecule has 0 fully saturated rings. The molecule has 66 valence electrons. The second-order valence-corrected chi connectivity index (χ2v) is 3.13. The van der Waals surface area contributed by atoms with Crippen LogP contribution in [0.3, 0.4) is 0 Å². The molecule has 0 heterocycles.